The molecule has 0 fully saturated rings. The maximum absolute atomic E-state index is 5.49. The van der Waals surface area contributed by atoms with E-state index in [4.69, 9.17) is 4.74 Å². The first-order chi connectivity index (χ1) is 9.28. The van der Waals surface area contributed by atoms with Crippen LogP contribution in [0.3, 0.4) is 0 Å². The van der Waals surface area contributed by atoms with Crippen LogP contribution in [-0.4, -0.2) is 22.9 Å². The number of rotatable bonds is 7. The minimum atomic E-state index is 0.706. The van der Waals surface area contributed by atoms with Gasteiger partial charge in [0.1, 0.15) is 5.75 Å². The highest BCUT2D eigenvalue weighted by atomic mass is 16.5. The summed E-state index contributed by atoms with van der Waals surface area (Å²) in [5.41, 5.74) is 2.51. The van der Waals surface area contributed by atoms with Crippen LogP contribution in [0, 0.1) is 0 Å². The minimum Gasteiger partial charge on any atom is -0.494 e. The van der Waals surface area contributed by atoms with Crippen molar-refractivity contribution in [2.24, 2.45) is 7.05 Å². The number of benzene rings is 1. The molecule has 1 aromatic carbocycles. The predicted octanol–water partition coefficient (Wildman–Crippen LogP) is 2.15. The standard InChI is InChI=1S/C15H21N3O/c1-3-19-15-6-4-5-13(9-15)10-16-8-7-14-11-17-18(2)12-14/h4-6,9,11-12,16H,3,7-8,10H2,1-2H3. The molecule has 0 saturated heterocycles. The van der Waals surface area contributed by atoms with Crippen molar-refractivity contribution in [1.29, 1.82) is 0 Å². The van der Waals surface area contributed by atoms with E-state index in [2.05, 4.69) is 28.7 Å². The molecule has 0 amide bonds. The Morgan fingerprint density at radius 1 is 1.32 bits per heavy atom. The van der Waals surface area contributed by atoms with Gasteiger partial charge in [0.05, 0.1) is 12.8 Å². The number of aromatic nitrogens is 2. The van der Waals surface area contributed by atoms with Gasteiger partial charge in [-0.2, -0.15) is 5.10 Å². The van der Waals surface area contributed by atoms with Crippen molar-refractivity contribution < 1.29 is 4.74 Å². The van der Waals surface area contributed by atoms with E-state index in [1.165, 1.54) is 11.1 Å². The highest BCUT2D eigenvalue weighted by Crippen LogP contribution is 2.12. The average Bonchev–Trinajstić information content (AvgIpc) is 2.82. The molecule has 0 aliphatic carbocycles. The molecular weight excluding hydrogens is 238 g/mol. The third-order valence-electron chi connectivity index (χ3n) is 2.89. The van der Waals surface area contributed by atoms with Crippen molar-refractivity contribution in [3.63, 3.8) is 0 Å². The minimum absolute atomic E-state index is 0.706. The summed E-state index contributed by atoms with van der Waals surface area (Å²) in [7, 11) is 1.94. The molecule has 0 aliphatic rings. The molecule has 19 heavy (non-hydrogen) atoms. The van der Waals surface area contributed by atoms with Gasteiger partial charge < -0.3 is 10.1 Å². The predicted molar refractivity (Wildman–Crippen MR) is 76.2 cm³/mol. The lowest BCUT2D eigenvalue weighted by Crippen LogP contribution is -2.16. The SMILES string of the molecule is CCOc1cccc(CNCCc2cnn(C)c2)c1. The Morgan fingerprint density at radius 3 is 2.95 bits per heavy atom. The molecule has 2 aromatic rings. The van der Waals surface area contributed by atoms with Gasteiger partial charge in [0.2, 0.25) is 0 Å². The van der Waals surface area contributed by atoms with Crippen LogP contribution in [0.25, 0.3) is 0 Å². The molecule has 0 bridgehead atoms. The number of nitrogens with zero attached hydrogens (tertiary/aromatic N) is 2. The molecule has 0 aliphatic heterocycles. The molecule has 1 N–H and O–H groups in total. The third kappa shape index (κ3) is 4.41. The molecule has 4 heteroatoms. The molecule has 2 rings (SSSR count). The van der Waals surface area contributed by atoms with Crippen LogP contribution in [0.1, 0.15) is 18.1 Å². The van der Waals surface area contributed by atoms with E-state index in [-0.39, 0.29) is 0 Å². The summed E-state index contributed by atoms with van der Waals surface area (Å²) in [5, 5.41) is 7.59. The first kappa shape index (κ1) is 13.6. The Labute approximate surface area is 114 Å². The smallest absolute Gasteiger partial charge is 0.119 e. The molecule has 0 radical (unpaired) electrons. The fourth-order valence-electron chi connectivity index (χ4n) is 1.98. The van der Waals surface area contributed by atoms with Gasteiger partial charge in [-0.3, -0.25) is 4.68 Å². The topological polar surface area (TPSA) is 39.1 Å². The van der Waals surface area contributed by atoms with Crippen molar-refractivity contribution in [2.45, 2.75) is 19.9 Å². The van der Waals surface area contributed by atoms with Crippen molar-refractivity contribution in [3.05, 3.63) is 47.8 Å². The fourth-order valence-corrected chi connectivity index (χ4v) is 1.98. The van der Waals surface area contributed by atoms with E-state index in [0.717, 1.165) is 25.3 Å². The largest absolute Gasteiger partial charge is 0.494 e. The second-order valence-corrected chi connectivity index (χ2v) is 4.53. The zero-order chi connectivity index (χ0) is 13.5. The Morgan fingerprint density at radius 2 is 2.21 bits per heavy atom. The summed E-state index contributed by atoms with van der Waals surface area (Å²) in [6, 6.07) is 8.21. The molecule has 102 valence electrons. The van der Waals surface area contributed by atoms with E-state index in [9.17, 15) is 0 Å². The Balaban J connectivity index is 1.74. The molecule has 1 heterocycles. The van der Waals surface area contributed by atoms with E-state index in [1.807, 2.05) is 37.0 Å². The zero-order valence-electron chi connectivity index (χ0n) is 11.6. The fraction of sp³-hybridized carbons (Fsp3) is 0.400. The molecule has 1 aromatic heterocycles. The van der Waals surface area contributed by atoms with Crippen LogP contribution < -0.4 is 10.1 Å². The van der Waals surface area contributed by atoms with Gasteiger partial charge in [0.15, 0.2) is 0 Å². The summed E-state index contributed by atoms with van der Waals surface area (Å²) in [6.07, 6.45) is 4.97. The van der Waals surface area contributed by atoms with Crippen LogP contribution in [0.2, 0.25) is 0 Å². The summed E-state index contributed by atoms with van der Waals surface area (Å²) >= 11 is 0. The van der Waals surface area contributed by atoms with Gasteiger partial charge in [-0.05, 0) is 43.1 Å². The van der Waals surface area contributed by atoms with Crippen LogP contribution in [0.15, 0.2) is 36.7 Å². The lowest BCUT2D eigenvalue weighted by Gasteiger charge is -2.07. The van der Waals surface area contributed by atoms with E-state index < -0.39 is 0 Å². The molecule has 0 atom stereocenters. The third-order valence-corrected chi connectivity index (χ3v) is 2.89. The maximum atomic E-state index is 5.49. The summed E-state index contributed by atoms with van der Waals surface area (Å²) in [5.74, 6) is 0.939. The number of ether oxygens (including phenoxy) is 1. The number of aryl methyl sites for hydroxylation is 1. The molecule has 0 unspecified atom stereocenters. The lowest BCUT2D eigenvalue weighted by atomic mass is 10.2. The van der Waals surface area contributed by atoms with Gasteiger partial charge in [0, 0.05) is 19.8 Å². The average molecular weight is 259 g/mol. The van der Waals surface area contributed by atoms with Gasteiger partial charge in [0.25, 0.3) is 0 Å². The quantitative estimate of drug-likeness (QED) is 0.774. The van der Waals surface area contributed by atoms with Crippen LogP contribution in [0.5, 0.6) is 5.75 Å². The summed E-state index contributed by atoms with van der Waals surface area (Å²) in [6.45, 7) is 4.52. The number of hydrogen-bond acceptors (Lipinski definition) is 3. The van der Waals surface area contributed by atoms with Gasteiger partial charge >= 0.3 is 0 Å². The highest BCUT2D eigenvalue weighted by Gasteiger charge is 1.98. The van der Waals surface area contributed by atoms with E-state index in [1.54, 1.807) is 0 Å². The Hall–Kier alpha value is -1.81. The lowest BCUT2D eigenvalue weighted by molar-refractivity contribution is 0.340. The van der Waals surface area contributed by atoms with Crippen molar-refractivity contribution in [3.8, 4) is 5.75 Å². The van der Waals surface area contributed by atoms with E-state index in [0.29, 0.717) is 6.61 Å². The second-order valence-electron chi connectivity index (χ2n) is 4.53. The summed E-state index contributed by atoms with van der Waals surface area (Å²) < 4.78 is 7.32. The van der Waals surface area contributed by atoms with Crippen molar-refractivity contribution in [1.82, 2.24) is 15.1 Å². The maximum Gasteiger partial charge on any atom is 0.119 e. The second kappa shape index (κ2) is 6.95. The van der Waals surface area contributed by atoms with Crippen LogP contribution >= 0.6 is 0 Å². The van der Waals surface area contributed by atoms with Crippen molar-refractivity contribution >= 4 is 0 Å². The van der Waals surface area contributed by atoms with Crippen LogP contribution in [0.4, 0.5) is 0 Å². The van der Waals surface area contributed by atoms with Crippen LogP contribution in [-0.2, 0) is 20.0 Å². The number of hydrogen-bond donors (Lipinski definition) is 1. The molecule has 0 saturated carbocycles. The Bertz CT molecular complexity index is 508. The van der Waals surface area contributed by atoms with E-state index >= 15 is 0 Å². The highest BCUT2D eigenvalue weighted by molar-refractivity contribution is 5.28. The monoisotopic (exact) mass is 259 g/mol. The normalized spacial score (nSPS) is 10.6. The zero-order valence-corrected chi connectivity index (χ0v) is 11.6. The molecule has 0 spiro atoms. The molecular formula is C15H21N3O. The first-order valence-electron chi connectivity index (χ1n) is 6.68. The van der Waals surface area contributed by atoms with Gasteiger partial charge in [-0.1, -0.05) is 12.1 Å². The van der Waals surface area contributed by atoms with Gasteiger partial charge in [-0.15, -0.1) is 0 Å². The number of nitrogens with one attached hydrogen (secondary N) is 1. The summed E-state index contributed by atoms with van der Waals surface area (Å²) in [4.78, 5) is 0. The Kier molecular flexibility index (Phi) is 4.98. The van der Waals surface area contributed by atoms with Gasteiger partial charge in [-0.25, -0.2) is 0 Å². The molecule has 4 nitrogen and oxygen atoms in total. The van der Waals surface area contributed by atoms with Crippen molar-refractivity contribution in [2.75, 3.05) is 13.2 Å². The first-order valence-corrected chi connectivity index (χ1v) is 6.68.